The first-order valence-electron chi connectivity index (χ1n) is 10.5. The van der Waals surface area contributed by atoms with Gasteiger partial charge < -0.3 is 4.42 Å². The number of aryl methyl sites for hydroxylation is 1. The van der Waals surface area contributed by atoms with Gasteiger partial charge in [0.1, 0.15) is 17.3 Å². The molecule has 0 amide bonds. The van der Waals surface area contributed by atoms with E-state index in [4.69, 9.17) is 4.42 Å². The number of para-hydroxylation sites is 1. The lowest BCUT2D eigenvalue weighted by atomic mass is 10.1. The quantitative estimate of drug-likeness (QED) is 0.370. The summed E-state index contributed by atoms with van der Waals surface area (Å²) in [6.07, 6.45) is 1.46. The zero-order valence-electron chi connectivity index (χ0n) is 18.4. The van der Waals surface area contributed by atoms with E-state index in [9.17, 15) is 14.9 Å². The van der Waals surface area contributed by atoms with Crippen LogP contribution in [0.3, 0.4) is 0 Å². The third-order valence-corrected chi connectivity index (χ3v) is 5.22. The van der Waals surface area contributed by atoms with Gasteiger partial charge in [-0.3, -0.25) is 14.7 Å². The highest BCUT2D eigenvalue weighted by Crippen LogP contribution is 2.30. The monoisotopic (exact) mass is 463 g/mol. The van der Waals surface area contributed by atoms with Crippen molar-refractivity contribution in [2.75, 3.05) is 0 Å². The van der Waals surface area contributed by atoms with Crippen molar-refractivity contribution in [3.05, 3.63) is 106 Å². The maximum Gasteiger partial charge on any atom is 0.302 e. The van der Waals surface area contributed by atoms with Gasteiger partial charge in [-0.2, -0.15) is 20.2 Å². The molecule has 3 heterocycles. The van der Waals surface area contributed by atoms with E-state index in [0.29, 0.717) is 28.5 Å². The highest BCUT2D eigenvalue weighted by Gasteiger charge is 2.29. The normalized spacial score (nSPS) is 11.1. The van der Waals surface area contributed by atoms with Gasteiger partial charge in [0, 0.05) is 0 Å². The fraction of sp³-hybridized carbons (Fsp3) is 0.0400. The average molecular weight is 463 g/mol. The Morgan fingerprint density at radius 3 is 2.40 bits per heavy atom. The molecular weight excluding hydrogens is 446 g/mol. The van der Waals surface area contributed by atoms with Crippen molar-refractivity contribution in [1.82, 2.24) is 19.6 Å². The lowest BCUT2D eigenvalue weighted by Gasteiger charge is -2.05. The minimum Gasteiger partial charge on any atom is -0.463 e. The van der Waals surface area contributed by atoms with Crippen LogP contribution in [-0.2, 0) is 0 Å². The number of nitrogens with one attached hydrogen (secondary N) is 1. The number of azo groups is 1. The van der Waals surface area contributed by atoms with Gasteiger partial charge in [0.15, 0.2) is 17.1 Å². The van der Waals surface area contributed by atoms with Crippen LogP contribution in [-0.4, -0.2) is 25.5 Å². The number of carbonyl (C=O) groups is 1. The molecule has 35 heavy (non-hydrogen) atoms. The molecule has 10 heteroatoms. The Labute approximate surface area is 198 Å². The Kier molecular flexibility index (Phi) is 5.49. The summed E-state index contributed by atoms with van der Waals surface area (Å²) in [5.74, 6) is -0.456. The fourth-order valence-electron chi connectivity index (χ4n) is 3.58. The van der Waals surface area contributed by atoms with Crippen LogP contribution >= 0.6 is 0 Å². The van der Waals surface area contributed by atoms with Crippen LogP contribution < -0.4 is 5.56 Å². The number of benzene rings is 2. The summed E-state index contributed by atoms with van der Waals surface area (Å²) in [6, 6.07) is 23.3. The second kappa shape index (κ2) is 8.92. The first kappa shape index (κ1) is 21.5. The molecule has 0 fully saturated rings. The lowest BCUT2D eigenvalue weighted by molar-refractivity contribution is 0.0935. The number of rotatable bonds is 5. The summed E-state index contributed by atoms with van der Waals surface area (Å²) in [5, 5.41) is 25.2. The summed E-state index contributed by atoms with van der Waals surface area (Å²) < 4.78 is 7.74. The third kappa shape index (κ3) is 3.87. The van der Waals surface area contributed by atoms with E-state index in [2.05, 4.69) is 20.4 Å². The topological polar surface area (TPSA) is 134 Å². The van der Waals surface area contributed by atoms with Crippen molar-refractivity contribution in [1.29, 1.82) is 5.26 Å². The minimum absolute atomic E-state index is 0.0190. The molecule has 3 aromatic heterocycles. The largest absolute Gasteiger partial charge is 0.463 e. The van der Waals surface area contributed by atoms with Gasteiger partial charge in [0.25, 0.3) is 0 Å². The summed E-state index contributed by atoms with van der Waals surface area (Å²) in [4.78, 5) is 26.5. The highest BCUT2D eigenvalue weighted by atomic mass is 16.3. The van der Waals surface area contributed by atoms with E-state index >= 15 is 0 Å². The summed E-state index contributed by atoms with van der Waals surface area (Å²) in [6.45, 7) is 1.60. The van der Waals surface area contributed by atoms with Gasteiger partial charge in [0.05, 0.1) is 23.3 Å². The molecule has 0 aliphatic rings. The molecule has 2 aromatic carbocycles. The van der Waals surface area contributed by atoms with Crippen molar-refractivity contribution < 1.29 is 9.21 Å². The first-order valence-corrected chi connectivity index (χ1v) is 10.5. The van der Waals surface area contributed by atoms with Gasteiger partial charge in [0.2, 0.25) is 0 Å². The number of nitrogens with zero attached hydrogens (tertiary/aromatic N) is 6. The molecule has 170 valence electrons. The molecular formula is C25H17N7O3. The van der Waals surface area contributed by atoms with Crippen molar-refractivity contribution in [3.8, 4) is 23.2 Å². The van der Waals surface area contributed by atoms with Gasteiger partial charge in [-0.15, -0.1) is 5.11 Å². The Balaban J connectivity index is 1.63. The molecule has 1 N–H and O–H groups in total. The Bertz CT molecular complexity index is 1640. The molecule has 5 rings (SSSR count). The van der Waals surface area contributed by atoms with Crippen LogP contribution in [0.1, 0.15) is 21.7 Å². The standard InChI is InChI=1S/C25H17N7O3/c1-16-21(28-27-17-9-4-2-5-10-17)24(33)32(29-16)25(34)22-19(15-26)23(20-13-8-14-35-20)31(30-22)18-11-6-3-7-12-18/h2-14,29H,1H3. The molecule has 10 nitrogen and oxygen atoms in total. The molecule has 0 aliphatic heterocycles. The van der Waals surface area contributed by atoms with Crippen LogP contribution in [0, 0.1) is 18.3 Å². The SMILES string of the molecule is Cc1[nH]n(C(=O)c2nn(-c3ccccc3)c(-c3ccco3)c2C#N)c(=O)c1N=Nc1ccccc1. The zero-order valence-corrected chi connectivity index (χ0v) is 18.4. The fourth-order valence-corrected chi connectivity index (χ4v) is 3.58. The molecule has 0 aliphatic carbocycles. The van der Waals surface area contributed by atoms with E-state index in [0.717, 1.165) is 4.68 Å². The van der Waals surface area contributed by atoms with E-state index in [1.54, 1.807) is 67.6 Å². The van der Waals surface area contributed by atoms with Gasteiger partial charge >= 0.3 is 11.5 Å². The van der Waals surface area contributed by atoms with Crippen molar-refractivity contribution in [2.45, 2.75) is 6.92 Å². The van der Waals surface area contributed by atoms with E-state index in [1.165, 1.54) is 10.9 Å². The number of hydrogen-bond acceptors (Lipinski definition) is 7. The Hall–Kier alpha value is -5.30. The molecule has 0 atom stereocenters. The van der Waals surface area contributed by atoms with E-state index < -0.39 is 11.5 Å². The molecule has 0 unspecified atom stereocenters. The van der Waals surface area contributed by atoms with E-state index in [-0.39, 0.29) is 16.9 Å². The number of carbonyl (C=O) groups excluding carboxylic acids is 1. The number of aromatic nitrogens is 4. The molecule has 0 bridgehead atoms. The third-order valence-electron chi connectivity index (χ3n) is 5.22. The van der Waals surface area contributed by atoms with Crippen LogP contribution in [0.2, 0.25) is 0 Å². The van der Waals surface area contributed by atoms with Gasteiger partial charge in [-0.25, -0.2) is 4.68 Å². The predicted molar refractivity (Wildman–Crippen MR) is 126 cm³/mol. The van der Waals surface area contributed by atoms with Crippen LogP contribution in [0.25, 0.3) is 17.1 Å². The summed E-state index contributed by atoms with van der Waals surface area (Å²) >= 11 is 0. The maximum atomic E-state index is 13.5. The van der Waals surface area contributed by atoms with Crippen LogP contribution in [0.15, 0.2) is 98.5 Å². The van der Waals surface area contributed by atoms with Crippen LogP contribution in [0.5, 0.6) is 0 Å². The Morgan fingerprint density at radius 2 is 1.74 bits per heavy atom. The molecule has 5 aromatic rings. The summed E-state index contributed by atoms with van der Waals surface area (Å²) in [7, 11) is 0. The number of nitriles is 1. The first-order chi connectivity index (χ1) is 17.1. The maximum absolute atomic E-state index is 13.5. The Morgan fingerprint density at radius 1 is 1.03 bits per heavy atom. The van der Waals surface area contributed by atoms with Crippen LogP contribution in [0.4, 0.5) is 11.4 Å². The number of furan rings is 1. The number of H-pyrrole nitrogens is 1. The summed E-state index contributed by atoms with van der Waals surface area (Å²) in [5.41, 5.74) is 0.851. The predicted octanol–water partition coefficient (Wildman–Crippen LogP) is 4.91. The van der Waals surface area contributed by atoms with Crippen molar-refractivity contribution in [3.63, 3.8) is 0 Å². The second-order valence-corrected chi connectivity index (χ2v) is 7.48. The van der Waals surface area contributed by atoms with E-state index in [1.807, 2.05) is 18.2 Å². The smallest absolute Gasteiger partial charge is 0.302 e. The lowest BCUT2D eigenvalue weighted by Crippen LogP contribution is -2.26. The molecule has 0 radical (unpaired) electrons. The minimum atomic E-state index is -0.807. The molecule has 0 spiro atoms. The number of aromatic amines is 1. The highest BCUT2D eigenvalue weighted by molar-refractivity contribution is 5.98. The average Bonchev–Trinajstić information content (AvgIpc) is 3.61. The zero-order chi connectivity index (χ0) is 24.4. The van der Waals surface area contributed by atoms with Crippen molar-refractivity contribution >= 4 is 17.3 Å². The van der Waals surface area contributed by atoms with Gasteiger partial charge in [-0.05, 0) is 43.3 Å². The molecule has 0 saturated carbocycles. The van der Waals surface area contributed by atoms with Crippen molar-refractivity contribution in [2.24, 2.45) is 10.2 Å². The second-order valence-electron chi connectivity index (χ2n) is 7.48. The van der Waals surface area contributed by atoms with Gasteiger partial charge in [-0.1, -0.05) is 36.4 Å². The number of hydrogen-bond donors (Lipinski definition) is 1. The molecule has 0 saturated heterocycles.